The molecule has 0 aliphatic carbocycles. The van der Waals surface area contributed by atoms with Gasteiger partial charge in [-0.15, -0.1) is 0 Å². The van der Waals surface area contributed by atoms with Crippen LogP contribution in [0.1, 0.15) is 40.8 Å². The van der Waals surface area contributed by atoms with E-state index >= 15 is 0 Å². The summed E-state index contributed by atoms with van der Waals surface area (Å²) in [5, 5.41) is 6.34. The predicted octanol–water partition coefficient (Wildman–Crippen LogP) is 5.01. The Kier molecular flexibility index (Phi) is 5.66. The van der Waals surface area contributed by atoms with Crippen LogP contribution in [-0.2, 0) is 31.7 Å². The molecule has 5 nitrogen and oxygen atoms in total. The second kappa shape index (κ2) is 7.84. The number of aryl methyl sites for hydroxylation is 4. The lowest BCUT2D eigenvalue weighted by Gasteiger charge is -2.11. The van der Waals surface area contributed by atoms with Crippen LogP contribution in [0.25, 0.3) is 22.0 Å². The van der Waals surface area contributed by atoms with Crippen molar-refractivity contribution >= 4 is 28.8 Å². The molecule has 28 heavy (non-hydrogen) atoms. The van der Waals surface area contributed by atoms with E-state index in [9.17, 15) is 4.79 Å². The van der Waals surface area contributed by atoms with Crippen LogP contribution in [-0.4, -0.2) is 27.7 Å². The minimum atomic E-state index is 0.653. The Morgan fingerprint density at radius 2 is 2.04 bits per heavy atom. The Morgan fingerprint density at radius 3 is 2.64 bits per heavy atom. The first-order valence-corrected chi connectivity index (χ1v) is 9.72. The normalized spacial score (nSPS) is 11.2. The summed E-state index contributed by atoms with van der Waals surface area (Å²) in [7, 11) is 5.47. The first-order valence-electron chi connectivity index (χ1n) is 9.35. The van der Waals surface area contributed by atoms with Crippen molar-refractivity contribution in [3.63, 3.8) is 0 Å². The quantitative estimate of drug-likeness (QED) is 0.414. The van der Waals surface area contributed by atoms with Crippen LogP contribution in [0.15, 0.2) is 24.5 Å². The second-order valence-corrected chi connectivity index (χ2v) is 7.39. The molecule has 0 radical (unpaired) electrons. The molecular formula is C22H26ClN3O2. The van der Waals surface area contributed by atoms with Gasteiger partial charge in [0, 0.05) is 42.7 Å². The number of carbonyl (C=O) groups is 1. The van der Waals surface area contributed by atoms with Crippen LogP contribution in [0.4, 0.5) is 0 Å². The van der Waals surface area contributed by atoms with Gasteiger partial charge in [-0.2, -0.15) is 5.10 Å². The highest BCUT2D eigenvalue weighted by atomic mass is 35.5. The van der Waals surface area contributed by atoms with Crippen molar-refractivity contribution in [2.75, 3.05) is 7.11 Å². The molecule has 148 valence electrons. The van der Waals surface area contributed by atoms with E-state index in [1.54, 1.807) is 7.11 Å². The van der Waals surface area contributed by atoms with Gasteiger partial charge in [0.25, 0.3) is 0 Å². The lowest BCUT2D eigenvalue weighted by molar-refractivity contribution is 0.111. The Balaban J connectivity index is 2.34. The van der Waals surface area contributed by atoms with E-state index in [4.69, 9.17) is 16.3 Å². The SMILES string of the molecule is C=C(CCc1c(C=O)n(C)c2c(-c3c(CC)nn(C)c3C)c(Cl)ccc12)OC. The van der Waals surface area contributed by atoms with Gasteiger partial charge in [-0.3, -0.25) is 9.48 Å². The zero-order valence-electron chi connectivity index (χ0n) is 17.1. The number of benzene rings is 1. The van der Waals surface area contributed by atoms with Crippen molar-refractivity contribution in [1.29, 1.82) is 0 Å². The molecule has 3 rings (SSSR count). The predicted molar refractivity (Wildman–Crippen MR) is 114 cm³/mol. The average molecular weight is 400 g/mol. The maximum atomic E-state index is 11.9. The van der Waals surface area contributed by atoms with Crippen LogP contribution in [0.2, 0.25) is 5.02 Å². The van der Waals surface area contributed by atoms with Crippen LogP contribution in [0.3, 0.4) is 0 Å². The molecule has 0 aliphatic heterocycles. The lowest BCUT2D eigenvalue weighted by Crippen LogP contribution is -1.99. The standard InChI is InChI=1S/C22H26ClN3O2/c1-7-18-20(14(3)26(5)24-18)21-17(23)11-10-16-15(9-8-13(2)28-6)19(12-27)25(4)22(16)21/h10-12H,2,7-9H2,1,3-6H3. The number of allylic oxidation sites excluding steroid dienone is 1. The smallest absolute Gasteiger partial charge is 0.166 e. The number of ether oxygens (including phenoxy) is 1. The molecule has 0 saturated carbocycles. The van der Waals surface area contributed by atoms with Gasteiger partial charge in [0.2, 0.25) is 0 Å². The van der Waals surface area contributed by atoms with Gasteiger partial charge in [0.1, 0.15) is 0 Å². The van der Waals surface area contributed by atoms with E-state index in [1.165, 1.54) is 0 Å². The number of aromatic nitrogens is 3. The largest absolute Gasteiger partial charge is 0.502 e. The highest BCUT2D eigenvalue weighted by Crippen LogP contribution is 2.41. The molecular weight excluding hydrogens is 374 g/mol. The zero-order valence-corrected chi connectivity index (χ0v) is 17.9. The average Bonchev–Trinajstić information content (AvgIpc) is 3.13. The molecule has 3 aromatic rings. The van der Waals surface area contributed by atoms with Crippen LogP contribution >= 0.6 is 11.6 Å². The van der Waals surface area contributed by atoms with Crippen molar-refractivity contribution in [2.24, 2.45) is 14.1 Å². The number of carbonyl (C=O) groups excluding carboxylic acids is 1. The number of hydrogen-bond donors (Lipinski definition) is 0. The van der Waals surface area contributed by atoms with Gasteiger partial charge >= 0.3 is 0 Å². The summed E-state index contributed by atoms with van der Waals surface area (Å²) in [6, 6.07) is 3.91. The summed E-state index contributed by atoms with van der Waals surface area (Å²) in [4.78, 5) is 11.9. The summed E-state index contributed by atoms with van der Waals surface area (Å²) in [6.07, 6.45) is 3.04. The van der Waals surface area contributed by atoms with E-state index < -0.39 is 0 Å². The molecule has 0 N–H and O–H groups in total. The van der Waals surface area contributed by atoms with Crippen LogP contribution in [0.5, 0.6) is 0 Å². The fraction of sp³-hybridized carbons (Fsp3) is 0.364. The highest BCUT2D eigenvalue weighted by molar-refractivity contribution is 6.35. The first kappa shape index (κ1) is 20.2. The molecule has 0 spiro atoms. The summed E-state index contributed by atoms with van der Waals surface area (Å²) in [6.45, 7) is 8.03. The summed E-state index contributed by atoms with van der Waals surface area (Å²) in [5.74, 6) is 0.694. The number of methoxy groups -OCH3 is 1. The molecule has 0 amide bonds. The molecule has 6 heteroatoms. The van der Waals surface area contributed by atoms with E-state index in [-0.39, 0.29) is 0 Å². The lowest BCUT2D eigenvalue weighted by atomic mass is 9.97. The minimum absolute atomic E-state index is 0.653. The third kappa shape index (κ3) is 3.14. The van der Waals surface area contributed by atoms with Crippen molar-refractivity contribution in [2.45, 2.75) is 33.1 Å². The Morgan fingerprint density at radius 1 is 1.32 bits per heavy atom. The highest BCUT2D eigenvalue weighted by Gasteiger charge is 2.24. The van der Waals surface area contributed by atoms with Gasteiger partial charge in [0.05, 0.1) is 34.8 Å². The maximum Gasteiger partial charge on any atom is 0.166 e. The molecule has 0 fully saturated rings. The zero-order chi connectivity index (χ0) is 20.6. The van der Waals surface area contributed by atoms with Crippen LogP contribution < -0.4 is 0 Å². The summed E-state index contributed by atoms with van der Waals surface area (Å²) in [5.41, 5.74) is 6.63. The molecule has 0 bridgehead atoms. The fourth-order valence-corrected chi connectivity index (χ4v) is 4.13. The minimum Gasteiger partial charge on any atom is -0.502 e. The molecule has 2 aromatic heterocycles. The Bertz CT molecular complexity index is 1080. The number of rotatable bonds is 7. The van der Waals surface area contributed by atoms with Crippen molar-refractivity contribution < 1.29 is 9.53 Å². The topological polar surface area (TPSA) is 49.0 Å². The van der Waals surface area contributed by atoms with Gasteiger partial charge in [-0.05, 0) is 31.4 Å². The van der Waals surface area contributed by atoms with Crippen molar-refractivity contribution in [3.05, 3.63) is 52.1 Å². The number of nitrogens with zero attached hydrogens (tertiary/aromatic N) is 3. The third-order valence-corrected chi connectivity index (χ3v) is 5.82. The monoisotopic (exact) mass is 399 g/mol. The van der Waals surface area contributed by atoms with Crippen molar-refractivity contribution in [3.8, 4) is 11.1 Å². The van der Waals surface area contributed by atoms with E-state index in [2.05, 4.69) is 18.6 Å². The van der Waals surface area contributed by atoms with E-state index in [0.29, 0.717) is 29.3 Å². The number of hydrogen-bond acceptors (Lipinski definition) is 3. The molecule has 0 unspecified atom stereocenters. The van der Waals surface area contributed by atoms with Gasteiger partial charge in [0.15, 0.2) is 6.29 Å². The Labute approximate surface area is 170 Å². The van der Waals surface area contributed by atoms with Crippen LogP contribution in [0, 0.1) is 6.92 Å². The molecule has 0 saturated heterocycles. The van der Waals surface area contributed by atoms with E-state index in [0.717, 1.165) is 51.7 Å². The number of fused-ring (bicyclic) bond motifs is 1. The van der Waals surface area contributed by atoms with E-state index in [1.807, 2.05) is 42.4 Å². The molecule has 1 aromatic carbocycles. The van der Waals surface area contributed by atoms with Gasteiger partial charge < -0.3 is 9.30 Å². The van der Waals surface area contributed by atoms with Gasteiger partial charge in [-0.1, -0.05) is 31.2 Å². The first-order chi connectivity index (χ1) is 13.3. The van der Waals surface area contributed by atoms with Crippen molar-refractivity contribution in [1.82, 2.24) is 14.3 Å². The maximum absolute atomic E-state index is 11.9. The Hall–Kier alpha value is -2.53. The molecule has 0 atom stereocenters. The summed E-state index contributed by atoms with van der Waals surface area (Å²) < 4.78 is 9.03. The molecule has 0 aliphatic rings. The number of aldehydes is 1. The fourth-order valence-electron chi connectivity index (χ4n) is 3.89. The molecule has 2 heterocycles. The summed E-state index contributed by atoms with van der Waals surface area (Å²) >= 11 is 6.70. The third-order valence-electron chi connectivity index (χ3n) is 5.50. The second-order valence-electron chi connectivity index (χ2n) is 6.99. The van der Waals surface area contributed by atoms with Gasteiger partial charge in [-0.25, -0.2) is 0 Å². The number of halogens is 1.